The molecule has 1 aliphatic rings. The first-order valence-corrected chi connectivity index (χ1v) is 10.3. The molecule has 1 N–H and O–H groups in total. The number of carbonyl (C=O) groups is 2. The van der Waals surface area contributed by atoms with Crippen molar-refractivity contribution in [2.24, 2.45) is 0 Å². The number of ether oxygens (including phenoxy) is 1. The van der Waals surface area contributed by atoms with Gasteiger partial charge in [-0.25, -0.2) is 4.39 Å². The lowest BCUT2D eigenvalue weighted by atomic mass is 9.95. The number of carbonyl (C=O) groups excluding carboxylic acids is 2. The van der Waals surface area contributed by atoms with Gasteiger partial charge in [-0.3, -0.25) is 14.5 Å². The highest BCUT2D eigenvalue weighted by Gasteiger charge is 2.48. The molecule has 158 valence electrons. The molecule has 2 aromatic carbocycles. The molecule has 1 saturated heterocycles. The number of halogens is 1. The van der Waals surface area contributed by atoms with Gasteiger partial charge in [0.25, 0.3) is 5.78 Å². The molecule has 31 heavy (non-hydrogen) atoms. The van der Waals surface area contributed by atoms with E-state index in [1.807, 2.05) is 6.92 Å². The molecule has 0 spiro atoms. The molecule has 0 saturated carbocycles. The third-order valence-corrected chi connectivity index (χ3v) is 5.63. The highest BCUT2D eigenvalue weighted by Crippen LogP contribution is 2.43. The monoisotopic (exact) mass is 439 g/mol. The van der Waals surface area contributed by atoms with Crippen molar-refractivity contribution < 1.29 is 23.8 Å². The molecule has 2 heterocycles. The second-order valence-electron chi connectivity index (χ2n) is 6.78. The number of aliphatic hydroxyl groups excluding tert-OH is 1. The van der Waals surface area contributed by atoms with Crippen LogP contribution in [0.1, 0.15) is 29.1 Å². The molecule has 0 aliphatic carbocycles. The number of aliphatic hydroxyl groups is 1. The Balaban J connectivity index is 1.87. The van der Waals surface area contributed by atoms with Crippen molar-refractivity contribution in [3.8, 4) is 5.75 Å². The van der Waals surface area contributed by atoms with Gasteiger partial charge in [-0.2, -0.15) is 0 Å². The smallest absolute Gasteiger partial charge is 0.301 e. The van der Waals surface area contributed by atoms with E-state index >= 15 is 0 Å². The van der Waals surface area contributed by atoms with E-state index in [1.165, 1.54) is 29.2 Å². The molecule has 1 aliphatic heterocycles. The number of aromatic nitrogens is 2. The normalized spacial score (nSPS) is 17.9. The number of Topliss-reactive ketones (excluding diaryl/α,β-unsaturated/α-hetero) is 1. The third-order valence-electron chi connectivity index (χ3n) is 4.79. The van der Waals surface area contributed by atoms with E-state index in [0.717, 1.165) is 11.3 Å². The maximum Gasteiger partial charge on any atom is 0.301 e. The van der Waals surface area contributed by atoms with E-state index in [0.29, 0.717) is 28.5 Å². The van der Waals surface area contributed by atoms with Crippen molar-refractivity contribution in [2.45, 2.75) is 19.9 Å². The Morgan fingerprint density at radius 2 is 1.81 bits per heavy atom. The van der Waals surface area contributed by atoms with Crippen LogP contribution in [0.15, 0.2) is 54.1 Å². The van der Waals surface area contributed by atoms with E-state index in [9.17, 15) is 19.1 Å². The van der Waals surface area contributed by atoms with Crippen LogP contribution in [0.25, 0.3) is 5.76 Å². The largest absolute Gasteiger partial charge is 0.507 e. The molecule has 4 rings (SSSR count). The highest BCUT2D eigenvalue weighted by atomic mass is 32.1. The Morgan fingerprint density at radius 3 is 2.39 bits per heavy atom. The number of hydrogen-bond donors (Lipinski definition) is 1. The van der Waals surface area contributed by atoms with Crippen LogP contribution in [0.5, 0.6) is 5.75 Å². The quantitative estimate of drug-likeness (QED) is 0.367. The van der Waals surface area contributed by atoms with E-state index < -0.39 is 23.5 Å². The predicted octanol–water partition coefficient (Wildman–Crippen LogP) is 4.01. The summed E-state index contributed by atoms with van der Waals surface area (Å²) in [6.45, 7) is 4.07. The van der Waals surface area contributed by atoms with E-state index in [2.05, 4.69) is 10.2 Å². The van der Waals surface area contributed by atoms with Crippen molar-refractivity contribution >= 4 is 33.9 Å². The molecule has 1 atom stereocenters. The van der Waals surface area contributed by atoms with Crippen LogP contribution in [0.4, 0.5) is 9.52 Å². The van der Waals surface area contributed by atoms with Gasteiger partial charge in [0.2, 0.25) is 5.13 Å². The van der Waals surface area contributed by atoms with Crippen molar-refractivity contribution in [3.05, 3.63) is 76.1 Å². The minimum absolute atomic E-state index is 0.103. The standard InChI is InChI=1S/C22H18FN3O4S/c1-3-30-16-10-6-14(7-11-16)19(27)17-18(13-4-8-15(23)9-5-13)26(21(29)20(17)28)22-25-24-12(2)31-22/h4-11,18,27H,3H2,1-2H3/b19-17+. The lowest BCUT2D eigenvalue weighted by molar-refractivity contribution is -0.132. The topological polar surface area (TPSA) is 92.6 Å². The molecule has 1 unspecified atom stereocenters. The van der Waals surface area contributed by atoms with Crippen LogP contribution < -0.4 is 9.64 Å². The predicted molar refractivity (Wildman–Crippen MR) is 113 cm³/mol. The van der Waals surface area contributed by atoms with Crippen molar-refractivity contribution in [1.29, 1.82) is 0 Å². The SMILES string of the molecule is CCOc1ccc(/C(O)=C2\C(=O)C(=O)N(c3nnc(C)s3)C2c2ccc(F)cc2)cc1. The zero-order valence-electron chi connectivity index (χ0n) is 16.7. The molecule has 1 amide bonds. The summed E-state index contributed by atoms with van der Waals surface area (Å²) >= 11 is 1.15. The number of hydrogen-bond acceptors (Lipinski definition) is 7. The Labute approximate surface area is 181 Å². The lowest BCUT2D eigenvalue weighted by Gasteiger charge is -2.22. The van der Waals surface area contributed by atoms with Crippen LogP contribution in [-0.4, -0.2) is 33.6 Å². The van der Waals surface area contributed by atoms with Gasteiger partial charge in [0, 0.05) is 5.56 Å². The van der Waals surface area contributed by atoms with Crippen LogP contribution in [-0.2, 0) is 9.59 Å². The van der Waals surface area contributed by atoms with Gasteiger partial charge in [0.1, 0.15) is 22.3 Å². The summed E-state index contributed by atoms with van der Waals surface area (Å²) in [5.41, 5.74) is 0.705. The molecule has 7 nitrogen and oxygen atoms in total. The molecule has 3 aromatic rings. The summed E-state index contributed by atoms with van der Waals surface area (Å²) in [5, 5.41) is 19.8. The van der Waals surface area contributed by atoms with Gasteiger partial charge in [-0.1, -0.05) is 23.5 Å². The first kappa shape index (κ1) is 20.7. The number of nitrogens with zero attached hydrogens (tertiary/aromatic N) is 3. The van der Waals surface area contributed by atoms with E-state index in [1.54, 1.807) is 31.2 Å². The number of anilines is 1. The lowest BCUT2D eigenvalue weighted by Crippen LogP contribution is -2.29. The van der Waals surface area contributed by atoms with Gasteiger partial charge in [0.15, 0.2) is 0 Å². The average Bonchev–Trinajstić information content (AvgIpc) is 3.30. The number of rotatable bonds is 5. The van der Waals surface area contributed by atoms with Gasteiger partial charge < -0.3 is 9.84 Å². The zero-order chi connectivity index (χ0) is 22.1. The summed E-state index contributed by atoms with van der Waals surface area (Å²) in [5.74, 6) is -1.87. The fourth-order valence-corrected chi connectivity index (χ4v) is 4.12. The number of benzene rings is 2. The minimum atomic E-state index is -0.973. The summed E-state index contributed by atoms with van der Waals surface area (Å²) in [6.07, 6.45) is 0. The third kappa shape index (κ3) is 3.79. The summed E-state index contributed by atoms with van der Waals surface area (Å²) in [6, 6.07) is 11.0. The van der Waals surface area contributed by atoms with Gasteiger partial charge in [-0.15, -0.1) is 10.2 Å². The van der Waals surface area contributed by atoms with E-state index in [-0.39, 0.29) is 16.5 Å². The van der Waals surface area contributed by atoms with Crippen LogP contribution in [0.2, 0.25) is 0 Å². The Kier molecular flexibility index (Phi) is 5.51. The Bertz CT molecular complexity index is 1170. The molecular weight excluding hydrogens is 421 g/mol. The number of ketones is 1. The van der Waals surface area contributed by atoms with Gasteiger partial charge >= 0.3 is 5.91 Å². The highest BCUT2D eigenvalue weighted by molar-refractivity contribution is 7.15. The fourth-order valence-electron chi connectivity index (χ4n) is 3.40. The second kappa shape index (κ2) is 8.27. The Morgan fingerprint density at radius 1 is 1.13 bits per heavy atom. The first-order valence-electron chi connectivity index (χ1n) is 9.50. The van der Waals surface area contributed by atoms with Crippen LogP contribution >= 0.6 is 11.3 Å². The molecule has 0 radical (unpaired) electrons. The summed E-state index contributed by atoms with van der Waals surface area (Å²) in [4.78, 5) is 27.1. The molecule has 1 fully saturated rings. The number of amides is 1. The van der Waals surface area contributed by atoms with E-state index in [4.69, 9.17) is 4.74 Å². The van der Waals surface area contributed by atoms with Gasteiger partial charge in [-0.05, 0) is 55.8 Å². The van der Waals surface area contributed by atoms with Gasteiger partial charge in [0.05, 0.1) is 18.2 Å². The maximum absolute atomic E-state index is 13.5. The minimum Gasteiger partial charge on any atom is -0.507 e. The number of aryl methyl sites for hydroxylation is 1. The average molecular weight is 439 g/mol. The molecule has 9 heteroatoms. The van der Waals surface area contributed by atoms with Crippen molar-refractivity contribution in [2.75, 3.05) is 11.5 Å². The molecule has 0 bridgehead atoms. The van der Waals surface area contributed by atoms with Crippen molar-refractivity contribution in [1.82, 2.24) is 10.2 Å². The Hall–Kier alpha value is -3.59. The summed E-state index contributed by atoms with van der Waals surface area (Å²) < 4.78 is 18.9. The summed E-state index contributed by atoms with van der Waals surface area (Å²) in [7, 11) is 0. The van der Waals surface area contributed by atoms with Crippen LogP contribution in [0, 0.1) is 12.7 Å². The maximum atomic E-state index is 13.5. The fraction of sp³-hybridized carbons (Fsp3) is 0.182. The molecule has 1 aromatic heterocycles. The van der Waals surface area contributed by atoms with Crippen LogP contribution in [0.3, 0.4) is 0 Å². The molecular formula is C22H18FN3O4S. The first-order chi connectivity index (χ1) is 14.9. The zero-order valence-corrected chi connectivity index (χ0v) is 17.5. The van der Waals surface area contributed by atoms with Crippen molar-refractivity contribution in [3.63, 3.8) is 0 Å². The second-order valence-corrected chi connectivity index (χ2v) is 7.94.